The minimum atomic E-state index is -0.00578. The molecular formula is C15H17NO3. The monoisotopic (exact) mass is 259 g/mol. The van der Waals surface area contributed by atoms with Gasteiger partial charge >= 0.3 is 0 Å². The number of hydrogen-bond donors (Lipinski definition) is 0. The normalized spacial score (nSPS) is 10.5. The Labute approximate surface area is 112 Å². The Bertz CT molecular complexity index is 594. The molecule has 0 fully saturated rings. The Morgan fingerprint density at radius 3 is 2.63 bits per heavy atom. The summed E-state index contributed by atoms with van der Waals surface area (Å²) in [6.45, 7) is 7.57. The number of aromatic nitrogens is 1. The molecule has 0 aliphatic rings. The fourth-order valence-corrected chi connectivity index (χ4v) is 1.90. The van der Waals surface area contributed by atoms with Crippen LogP contribution in [0.5, 0.6) is 5.75 Å². The SMILES string of the molecule is CC(=O)c1ccc(C)cc1OCc1c(C)noc1C. The molecule has 0 saturated carbocycles. The van der Waals surface area contributed by atoms with E-state index in [2.05, 4.69) is 5.16 Å². The molecule has 0 unspecified atom stereocenters. The summed E-state index contributed by atoms with van der Waals surface area (Å²) in [6, 6.07) is 5.56. The lowest BCUT2D eigenvalue weighted by atomic mass is 10.1. The average molecular weight is 259 g/mol. The molecule has 1 aromatic carbocycles. The molecule has 1 aromatic heterocycles. The number of hydrogen-bond acceptors (Lipinski definition) is 4. The van der Waals surface area contributed by atoms with Crippen molar-refractivity contribution in [2.24, 2.45) is 0 Å². The number of carbonyl (C=O) groups excluding carboxylic acids is 1. The third kappa shape index (κ3) is 2.84. The van der Waals surface area contributed by atoms with E-state index in [0.717, 1.165) is 22.6 Å². The lowest BCUT2D eigenvalue weighted by Gasteiger charge is -2.10. The average Bonchev–Trinajstić information content (AvgIpc) is 2.66. The van der Waals surface area contributed by atoms with Crippen LogP contribution in [0, 0.1) is 20.8 Å². The van der Waals surface area contributed by atoms with Crippen LogP contribution in [-0.2, 0) is 6.61 Å². The van der Waals surface area contributed by atoms with Gasteiger partial charge in [-0.05, 0) is 45.4 Å². The first-order chi connectivity index (χ1) is 8.99. The predicted octanol–water partition coefficient (Wildman–Crippen LogP) is 3.38. The van der Waals surface area contributed by atoms with Gasteiger partial charge in [0.15, 0.2) is 5.78 Å². The second kappa shape index (κ2) is 5.26. The van der Waals surface area contributed by atoms with Crippen LogP contribution in [0.4, 0.5) is 0 Å². The number of ether oxygens (including phenoxy) is 1. The quantitative estimate of drug-likeness (QED) is 0.790. The Balaban J connectivity index is 2.24. The predicted molar refractivity (Wildman–Crippen MR) is 71.5 cm³/mol. The molecule has 19 heavy (non-hydrogen) atoms. The topological polar surface area (TPSA) is 52.3 Å². The van der Waals surface area contributed by atoms with Crippen LogP contribution in [0.3, 0.4) is 0 Å². The third-order valence-electron chi connectivity index (χ3n) is 3.07. The second-order valence-electron chi connectivity index (χ2n) is 4.65. The first-order valence-electron chi connectivity index (χ1n) is 6.15. The van der Waals surface area contributed by atoms with Crippen molar-refractivity contribution in [3.8, 4) is 5.75 Å². The van der Waals surface area contributed by atoms with Gasteiger partial charge < -0.3 is 9.26 Å². The van der Waals surface area contributed by atoms with Gasteiger partial charge in [0.05, 0.1) is 16.8 Å². The molecule has 4 heteroatoms. The summed E-state index contributed by atoms with van der Waals surface area (Å²) < 4.78 is 10.9. The van der Waals surface area contributed by atoms with E-state index in [1.165, 1.54) is 6.92 Å². The molecule has 0 aliphatic heterocycles. The highest BCUT2D eigenvalue weighted by Crippen LogP contribution is 2.23. The van der Waals surface area contributed by atoms with Gasteiger partial charge in [0, 0.05) is 0 Å². The maximum absolute atomic E-state index is 11.6. The summed E-state index contributed by atoms with van der Waals surface area (Å²) in [5.74, 6) is 1.34. The number of Topliss-reactive ketones (excluding diaryl/α,β-unsaturated/α-hetero) is 1. The first-order valence-corrected chi connectivity index (χ1v) is 6.15. The van der Waals surface area contributed by atoms with Crippen molar-refractivity contribution >= 4 is 5.78 Å². The van der Waals surface area contributed by atoms with Gasteiger partial charge in [0.1, 0.15) is 18.1 Å². The van der Waals surface area contributed by atoms with Crippen LogP contribution >= 0.6 is 0 Å². The Kier molecular flexibility index (Phi) is 3.69. The molecule has 0 atom stereocenters. The van der Waals surface area contributed by atoms with Gasteiger partial charge in [-0.15, -0.1) is 0 Å². The molecule has 0 saturated heterocycles. The largest absolute Gasteiger partial charge is 0.488 e. The van der Waals surface area contributed by atoms with Gasteiger partial charge in [-0.2, -0.15) is 0 Å². The van der Waals surface area contributed by atoms with E-state index in [0.29, 0.717) is 17.9 Å². The first kappa shape index (κ1) is 13.3. The summed E-state index contributed by atoms with van der Waals surface area (Å²) >= 11 is 0. The summed E-state index contributed by atoms with van der Waals surface area (Å²) in [5.41, 5.74) is 3.39. The van der Waals surface area contributed by atoms with Crippen molar-refractivity contribution in [2.45, 2.75) is 34.3 Å². The Morgan fingerprint density at radius 2 is 2.05 bits per heavy atom. The van der Waals surface area contributed by atoms with Gasteiger partial charge in [-0.3, -0.25) is 4.79 Å². The van der Waals surface area contributed by atoms with Crippen molar-refractivity contribution in [3.63, 3.8) is 0 Å². The van der Waals surface area contributed by atoms with Crippen LogP contribution < -0.4 is 4.74 Å². The lowest BCUT2D eigenvalue weighted by Crippen LogP contribution is -2.03. The van der Waals surface area contributed by atoms with Crippen LogP contribution in [0.1, 0.15) is 39.9 Å². The van der Waals surface area contributed by atoms with Crippen LogP contribution in [0.2, 0.25) is 0 Å². The van der Waals surface area contributed by atoms with E-state index in [4.69, 9.17) is 9.26 Å². The molecule has 0 spiro atoms. The second-order valence-corrected chi connectivity index (χ2v) is 4.65. The third-order valence-corrected chi connectivity index (χ3v) is 3.07. The molecule has 2 aromatic rings. The highest BCUT2D eigenvalue weighted by molar-refractivity contribution is 5.96. The van der Waals surface area contributed by atoms with Crippen molar-refractivity contribution in [1.82, 2.24) is 5.16 Å². The minimum absolute atomic E-state index is 0.00578. The number of aryl methyl sites for hydroxylation is 3. The highest BCUT2D eigenvalue weighted by atomic mass is 16.5. The molecule has 100 valence electrons. The van der Waals surface area contributed by atoms with Crippen LogP contribution in [0.25, 0.3) is 0 Å². The van der Waals surface area contributed by atoms with Gasteiger partial charge in [0.25, 0.3) is 0 Å². The van der Waals surface area contributed by atoms with Crippen molar-refractivity contribution in [2.75, 3.05) is 0 Å². The zero-order valence-corrected chi connectivity index (χ0v) is 11.6. The molecule has 0 amide bonds. The van der Waals surface area contributed by atoms with Crippen LogP contribution in [-0.4, -0.2) is 10.9 Å². The van der Waals surface area contributed by atoms with Crippen molar-refractivity contribution in [3.05, 3.63) is 46.3 Å². The van der Waals surface area contributed by atoms with Gasteiger partial charge in [-0.25, -0.2) is 0 Å². The molecule has 0 N–H and O–H groups in total. The smallest absolute Gasteiger partial charge is 0.163 e. The maximum Gasteiger partial charge on any atom is 0.163 e. The molecular weight excluding hydrogens is 242 g/mol. The van der Waals surface area contributed by atoms with Gasteiger partial charge in [-0.1, -0.05) is 11.2 Å². The van der Waals surface area contributed by atoms with E-state index in [-0.39, 0.29) is 5.78 Å². The van der Waals surface area contributed by atoms with Gasteiger partial charge in [0.2, 0.25) is 0 Å². The van der Waals surface area contributed by atoms with Crippen molar-refractivity contribution < 1.29 is 14.1 Å². The fraction of sp³-hybridized carbons (Fsp3) is 0.333. The fourth-order valence-electron chi connectivity index (χ4n) is 1.90. The van der Waals surface area contributed by atoms with E-state index >= 15 is 0 Å². The number of benzene rings is 1. The summed E-state index contributed by atoms with van der Waals surface area (Å²) in [7, 11) is 0. The van der Waals surface area contributed by atoms with E-state index in [1.807, 2.05) is 32.9 Å². The molecule has 2 rings (SSSR count). The van der Waals surface area contributed by atoms with Crippen molar-refractivity contribution in [1.29, 1.82) is 0 Å². The summed E-state index contributed by atoms with van der Waals surface area (Å²) in [5, 5.41) is 3.88. The van der Waals surface area contributed by atoms with E-state index in [1.54, 1.807) is 6.07 Å². The zero-order chi connectivity index (χ0) is 14.0. The van der Waals surface area contributed by atoms with E-state index in [9.17, 15) is 4.79 Å². The number of nitrogens with zero attached hydrogens (tertiary/aromatic N) is 1. The molecule has 0 bridgehead atoms. The highest BCUT2D eigenvalue weighted by Gasteiger charge is 2.13. The number of ketones is 1. The zero-order valence-electron chi connectivity index (χ0n) is 11.6. The maximum atomic E-state index is 11.6. The molecule has 1 heterocycles. The molecule has 0 radical (unpaired) electrons. The lowest BCUT2D eigenvalue weighted by molar-refractivity contribution is 0.101. The van der Waals surface area contributed by atoms with E-state index < -0.39 is 0 Å². The van der Waals surface area contributed by atoms with Crippen LogP contribution in [0.15, 0.2) is 22.7 Å². The minimum Gasteiger partial charge on any atom is -0.488 e. The molecule has 4 nitrogen and oxygen atoms in total. The molecule has 0 aliphatic carbocycles. The number of carbonyl (C=O) groups is 1. The summed E-state index contributed by atoms with van der Waals surface area (Å²) in [6.07, 6.45) is 0. The standard InChI is InChI=1S/C15H17NO3/c1-9-5-6-13(11(3)17)15(7-9)18-8-14-10(2)16-19-12(14)4/h5-7H,8H2,1-4H3. The Morgan fingerprint density at radius 1 is 1.32 bits per heavy atom. The Hall–Kier alpha value is -2.10. The number of rotatable bonds is 4. The summed E-state index contributed by atoms with van der Waals surface area (Å²) in [4.78, 5) is 11.6.